The summed E-state index contributed by atoms with van der Waals surface area (Å²) >= 11 is 0. The molecule has 7 nitrogen and oxygen atoms in total. The molecule has 0 radical (unpaired) electrons. The lowest BCUT2D eigenvalue weighted by molar-refractivity contribution is -0.109. The highest BCUT2D eigenvalue weighted by Crippen LogP contribution is 2.29. The molecule has 0 aliphatic rings. The topological polar surface area (TPSA) is 81.9 Å². The van der Waals surface area contributed by atoms with Gasteiger partial charge in [-0.3, -0.25) is 9.78 Å². The molecule has 1 unspecified atom stereocenters. The summed E-state index contributed by atoms with van der Waals surface area (Å²) in [5, 5.41) is 3.63. The molecule has 28 heavy (non-hydrogen) atoms. The minimum absolute atomic E-state index is 0.0298. The van der Waals surface area contributed by atoms with E-state index in [4.69, 9.17) is 4.74 Å². The van der Waals surface area contributed by atoms with Crippen LogP contribution in [0, 0.1) is 0 Å². The van der Waals surface area contributed by atoms with Crippen molar-refractivity contribution < 1.29 is 9.53 Å². The molecule has 1 atom stereocenters. The summed E-state index contributed by atoms with van der Waals surface area (Å²) in [4.78, 5) is 23.4. The smallest absolute Gasteiger partial charge is 0.231 e. The predicted octanol–water partition coefficient (Wildman–Crippen LogP) is 3.03. The summed E-state index contributed by atoms with van der Waals surface area (Å²) in [6, 6.07) is 13.6. The number of pyridine rings is 1. The van der Waals surface area contributed by atoms with Gasteiger partial charge in [-0.25, -0.2) is 9.97 Å². The number of nitrogens with one attached hydrogen (secondary N) is 1. The molecule has 0 aliphatic heterocycles. The predicted molar refractivity (Wildman–Crippen MR) is 105 cm³/mol. The molecular weight excluding hydrogens is 354 g/mol. The Bertz CT molecular complexity index is 1080. The van der Waals surface area contributed by atoms with Gasteiger partial charge in [0.2, 0.25) is 12.3 Å². The largest absolute Gasteiger partial charge is 0.438 e. The highest BCUT2D eigenvalue weighted by molar-refractivity contribution is 5.81. The first-order chi connectivity index (χ1) is 13.8. The van der Waals surface area contributed by atoms with Crippen molar-refractivity contribution in [3.63, 3.8) is 0 Å². The van der Waals surface area contributed by atoms with Crippen molar-refractivity contribution in [2.24, 2.45) is 7.05 Å². The number of hydrogen-bond donors (Lipinski definition) is 1. The maximum Gasteiger partial charge on any atom is 0.231 e. The number of carbonyl (C=O) groups excluding carboxylic acids is 1. The van der Waals surface area contributed by atoms with Crippen molar-refractivity contribution in [2.75, 3.05) is 6.54 Å². The number of aromatic nitrogens is 4. The summed E-state index contributed by atoms with van der Waals surface area (Å²) < 4.78 is 7.90. The second-order valence-corrected chi connectivity index (χ2v) is 6.37. The van der Waals surface area contributed by atoms with E-state index >= 15 is 0 Å². The average molecular weight is 373 g/mol. The third kappa shape index (κ3) is 3.55. The molecule has 1 aromatic carbocycles. The standard InChI is InChI=1S/C21H19N5O2/c1-26-11-8-18-20(26)24-13-25-21(18)28-17-4-2-15(3-5-17)19(12-23-14-27)16-6-9-22-10-7-16/h2-11,13-14,19H,12H2,1H3,(H,23,27). The third-order valence-corrected chi connectivity index (χ3v) is 4.64. The second kappa shape index (κ2) is 7.87. The van der Waals surface area contributed by atoms with Crippen LogP contribution < -0.4 is 10.1 Å². The van der Waals surface area contributed by atoms with E-state index in [-0.39, 0.29) is 5.92 Å². The van der Waals surface area contributed by atoms with Crippen molar-refractivity contribution >= 4 is 17.4 Å². The van der Waals surface area contributed by atoms with Gasteiger partial charge in [0.1, 0.15) is 17.7 Å². The van der Waals surface area contributed by atoms with Gasteiger partial charge < -0.3 is 14.6 Å². The van der Waals surface area contributed by atoms with Gasteiger partial charge in [-0.05, 0) is 41.5 Å². The van der Waals surface area contributed by atoms with Crippen LogP contribution in [0.1, 0.15) is 17.0 Å². The summed E-state index contributed by atoms with van der Waals surface area (Å²) in [6.45, 7) is 0.504. The first kappa shape index (κ1) is 17.7. The zero-order valence-corrected chi connectivity index (χ0v) is 15.3. The third-order valence-electron chi connectivity index (χ3n) is 4.64. The quantitative estimate of drug-likeness (QED) is 0.504. The molecule has 0 spiro atoms. The number of rotatable bonds is 7. The fourth-order valence-corrected chi connectivity index (χ4v) is 3.21. The van der Waals surface area contributed by atoms with Crippen LogP contribution in [0.2, 0.25) is 0 Å². The number of fused-ring (bicyclic) bond motifs is 1. The average Bonchev–Trinajstić information content (AvgIpc) is 3.12. The minimum atomic E-state index is 0.0298. The zero-order chi connectivity index (χ0) is 19.3. The summed E-state index contributed by atoms with van der Waals surface area (Å²) in [5.74, 6) is 1.23. The molecule has 0 fully saturated rings. The van der Waals surface area contributed by atoms with Crippen LogP contribution in [0.5, 0.6) is 11.6 Å². The fourth-order valence-electron chi connectivity index (χ4n) is 3.21. The minimum Gasteiger partial charge on any atom is -0.438 e. The van der Waals surface area contributed by atoms with Crippen LogP contribution in [-0.4, -0.2) is 32.5 Å². The van der Waals surface area contributed by atoms with Crippen molar-refractivity contribution in [3.05, 3.63) is 78.5 Å². The first-order valence-electron chi connectivity index (χ1n) is 8.87. The first-order valence-corrected chi connectivity index (χ1v) is 8.87. The van der Waals surface area contributed by atoms with Gasteiger partial charge in [0, 0.05) is 38.1 Å². The monoisotopic (exact) mass is 373 g/mol. The van der Waals surface area contributed by atoms with Crippen LogP contribution in [-0.2, 0) is 11.8 Å². The Morgan fingerprint density at radius 3 is 2.57 bits per heavy atom. The van der Waals surface area contributed by atoms with Crippen LogP contribution in [0.3, 0.4) is 0 Å². The Morgan fingerprint density at radius 1 is 1.07 bits per heavy atom. The van der Waals surface area contributed by atoms with Crippen molar-refractivity contribution in [3.8, 4) is 11.6 Å². The normalized spacial score (nSPS) is 11.9. The van der Waals surface area contributed by atoms with Gasteiger partial charge in [0.25, 0.3) is 0 Å². The highest BCUT2D eigenvalue weighted by Gasteiger charge is 2.15. The Labute approximate surface area is 162 Å². The van der Waals surface area contributed by atoms with Crippen LogP contribution in [0.15, 0.2) is 67.4 Å². The molecule has 0 aliphatic carbocycles. The van der Waals surface area contributed by atoms with E-state index in [1.165, 1.54) is 6.33 Å². The summed E-state index contributed by atoms with van der Waals surface area (Å²) in [7, 11) is 1.93. The van der Waals surface area contributed by atoms with Gasteiger partial charge >= 0.3 is 0 Å². The number of nitrogens with zero attached hydrogens (tertiary/aromatic N) is 4. The van der Waals surface area contributed by atoms with Gasteiger partial charge in [0.05, 0.1) is 5.39 Å². The van der Waals surface area contributed by atoms with Crippen molar-refractivity contribution in [1.82, 2.24) is 24.8 Å². The van der Waals surface area contributed by atoms with Crippen molar-refractivity contribution in [2.45, 2.75) is 5.92 Å². The second-order valence-electron chi connectivity index (χ2n) is 6.37. The molecule has 0 saturated heterocycles. The Balaban J connectivity index is 1.59. The van der Waals surface area contributed by atoms with E-state index in [9.17, 15) is 4.79 Å². The van der Waals surface area contributed by atoms with Crippen LogP contribution in [0.4, 0.5) is 0 Å². The lowest BCUT2D eigenvalue weighted by Crippen LogP contribution is -2.20. The number of aryl methyl sites for hydroxylation is 1. The summed E-state index contributed by atoms with van der Waals surface area (Å²) in [6.07, 6.45) is 7.64. The maximum atomic E-state index is 10.8. The lowest BCUT2D eigenvalue weighted by Gasteiger charge is -2.17. The molecule has 4 aromatic rings. The number of ether oxygens (including phenoxy) is 1. The van der Waals surface area contributed by atoms with E-state index in [0.29, 0.717) is 24.6 Å². The number of amides is 1. The SMILES string of the molecule is Cn1ccc2c(Oc3ccc(C(CNC=O)c4ccncc4)cc3)ncnc21. The van der Waals surface area contributed by atoms with Gasteiger partial charge in [0.15, 0.2) is 0 Å². The Hall–Kier alpha value is -3.74. The molecule has 3 aromatic heterocycles. The van der Waals surface area contributed by atoms with Gasteiger partial charge in [-0.15, -0.1) is 0 Å². The highest BCUT2D eigenvalue weighted by atomic mass is 16.5. The Morgan fingerprint density at radius 2 is 1.82 bits per heavy atom. The molecule has 1 amide bonds. The number of carbonyl (C=O) groups is 1. The zero-order valence-electron chi connectivity index (χ0n) is 15.3. The van der Waals surface area contributed by atoms with E-state index in [1.807, 2.05) is 60.3 Å². The molecule has 3 heterocycles. The van der Waals surface area contributed by atoms with Gasteiger partial charge in [-0.2, -0.15) is 0 Å². The van der Waals surface area contributed by atoms with Gasteiger partial charge in [-0.1, -0.05) is 12.1 Å². The number of benzene rings is 1. The lowest BCUT2D eigenvalue weighted by atomic mass is 9.92. The van der Waals surface area contributed by atoms with Crippen LogP contribution in [0.25, 0.3) is 11.0 Å². The Kier molecular flexibility index (Phi) is 4.97. The molecule has 1 N–H and O–H groups in total. The number of hydrogen-bond acceptors (Lipinski definition) is 5. The van der Waals surface area contributed by atoms with E-state index in [1.54, 1.807) is 12.4 Å². The van der Waals surface area contributed by atoms with Crippen LogP contribution >= 0.6 is 0 Å². The molecule has 4 rings (SSSR count). The molecular formula is C21H19N5O2. The van der Waals surface area contributed by atoms with E-state index < -0.39 is 0 Å². The van der Waals surface area contributed by atoms with Crippen molar-refractivity contribution in [1.29, 1.82) is 0 Å². The molecule has 0 bridgehead atoms. The fraction of sp³-hybridized carbons (Fsp3) is 0.143. The molecule has 0 saturated carbocycles. The van der Waals surface area contributed by atoms with E-state index in [2.05, 4.69) is 20.3 Å². The maximum absolute atomic E-state index is 10.8. The summed E-state index contributed by atoms with van der Waals surface area (Å²) in [5.41, 5.74) is 2.97. The molecule has 7 heteroatoms. The molecule has 140 valence electrons. The van der Waals surface area contributed by atoms with E-state index in [0.717, 1.165) is 22.2 Å².